The molecule has 2 aromatic rings. The molecule has 0 aliphatic carbocycles. The van der Waals surface area contributed by atoms with Gasteiger partial charge in [0.1, 0.15) is 0 Å². The van der Waals surface area contributed by atoms with E-state index in [-0.39, 0.29) is 75.8 Å². The van der Waals surface area contributed by atoms with Gasteiger partial charge in [-0.25, -0.2) is 12.1 Å². The van der Waals surface area contributed by atoms with Crippen LogP contribution in [0.2, 0.25) is 0 Å². The van der Waals surface area contributed by atoms with E-state index in [4.69, 9.17) is 0 Å². The summed E-state index contributed by atoms with van der Waals surface area (Å²) in [5.41, 5.74) is 8.77. The third-order valence-corrected chi connectivity index (χ3v) is 3.98. The fourth-order valence-corrected chi connectivity index (χ4v) is 2.22. The average Bonchev–Trinajstić information content (AvgIpc) is 2.86. The molecule has 2 aromatic carbocycles. The summed E-state index contributed by atoms with van der Waals surface area (Å²) in [6.45, 7) is 13.1. The Labute approximate surface area is 186 Å². The molecule has 132 valence electrons. The molecule has 0 aliphatic rings. The van der Waals surface area contributed by atoms with E-state index >= 15 is 0 Å². The van der Waals surface area contributed by atoms with E-state index in [0.717, 1.165) is 0 Å². The van der Waals surface area contributed by atoms with E-state index in [0.29, 0.717) is 0 Å². The predicted octanol–water partition coefficient (Wildman–Crippen LogP) is -6.82. The van der Waals surface area contributed by atoms with Crippen LogP contribution in [0.3, 0.4) is 0 Å². The maximum absolute atomic E-state index is 2.21. The van der Waals surface area contributed by atoms with Crippen molar-refractivity contribution < 1.29 is 75.8 Å². The number of aryl methyl sites for hydroxylation is 4. The van der Waals surface area contributed by atoms with Crippen molar-refractivity contribution in [3.8, 4) is 0 Å². The Morgan fingerprint density at radius 2 is 0.913 bits per heavy atom. The predicted molar refractivity (Wildman–Crippen MR) is 81.8 cm³/mol. The van der Waals surface area contributed by atoms with Crippen molar-refractivity contribution in [2.45, 2.75) is 54.4 Å². The standard InChI is InChI=1S/2C9H13.4ClH.Zr/c2*1-4-9-6-5-7(2)8(9)3;;;;;/h2*5-6H,4H2,1-3H3;4*1H;/q2*-1;;;;;+4/p-4. The molecule has 0 saturated carbocycles. The molecule has 0 aliphatic heterocycles. The molecular formula is C18H26Cl4Zr-2. The second kappa shape index (κ2) is 17.6. The fraction of sp³-hybridized carbons (Fsp3) is 0.444. The third-order valence-electron chi connectivity index (χ3n) is 3.98. The Balaban J connectivity index is -0.0000000771. The van der Waals surface area contributed by atoms with Crippen LogP contribution in [0, 0.1) is 27.7 Å². The van der Waals surface area contributed by atoms with Gasteiger partial charge in [0.2, 0.25) is 0 Å². The van der Waals surface area contributed by atoms with Crippen LogP contribution in [0.15, 0.2) is 24.3 Å². The molecule has 0 N–H and O–H groups in total. The molecule has 0 bridgehead atoms. The summed E-state index contributed by atoms with van der Waals surface area (Å²) in [6.07, 6.45) is 2.33. The van der Waals surface area contributed by atoms with Gasteiger partial charge in [-0.15, -0.1) is 0 Å². The van der Waals surface area contributed by atoms with Crippen LogP contribution in [-0.4, -0.2) is 0 Å². The van der Waals surface area contributed by atoms with Crippen LogP contribution in [0.25, 0.3) is 0 Å². The van der Waals surface area contributed by atoms with Crippen molar-refractivity contribution in [3.05, 3.63) is 57.6 Å². The van der Waals surface area contributed by atoms with Crippen molar-refractivity contribution >= 4 is 0 Å². The van der Waals surface area contributed by atoms with E-state index in [9.17, 15) is 0 Å². The largest absolute Gasteiger partial charge is 4.00 e. The maximum atomic E-state index is 2.21. The normalized spacial score (nSPS) is 7.91. The summed E-state index contributed by atoms with van der Waals surface area (Å²) < 4.78 is 0. The molecule has 0 spiro atoms. The molecular weight excluding hydrogens is 449 g/mol. The van der Waals surface area contributed by atoms with Gasteiger partial charge >= 0.3 is 26.2 Å². The van der Waals surface area contributed by atoms with Crippen LogP contribution in [0.4, 0.5) is 0 Å². The van der Waals surface area contributed by atoms with Crippen LogP contribution in [0.5, 0.6) is 0 Å². The molecule has 2 rings (SSSR count). The topological polar surface area (TPSA) is 0 Å². The molecule has 0 amide bonds. The van der Waals surface area contributed by atoms with Crippen molar-refractivity contribution in [3.63, 3.8) is 0 Å². The van der Waals surface area contributed by atoms with E-state index in [1.165, 1.54) is 46.2 Å². The van der Waals surface area contributed by atoms with Crippen LogP contribution < -0.4 is 49.6 Å². The molecule has 0 atom stereocenters. The average molecular weight is 475 g/mol. The molecule has 0 heterocycles. The minimum absolute atomic E-state index is 0. The minimum atomic E-state index is 0. The van der Waals surface area contributed by atoms with Crippen LogP contribution in [0.1, 0.15) is 47.2 Å². The van der Waals surface area contributed by atoms with Gasteiger partial charge in [-0.1, -0.05) is 54.4 Å². The molecule has 23 heavy (non-hydrogen) atoms. The number of hydrogen-bond donors (Lipinski definition) is 0. The molecule has 0 aromatic heterocycles. The van der Waals surface area contributed by atoms with Crippen molar-refractivity contribution in [2.24, 2.45) is 0 Å². The summed E-state index contributed by atoms with van der Waals surface area (Å²) >= 11 is 0. The van der Waals surface area contributed by atoms with E-state index in [2.05, 4.69) is 65.8 Å². The Morgan fingerprint density at radius 3 is 1.00 bits per heavy atom. The molecule has 0 saturated heterocycles. The van der Waals surface area contributed by atoms with Gasteiger partial charge in [-0.05, 0) is 0 Å². The molecule has 5 heteroatoms. The molecule has 0 nitrogen and oxygen atoms in total. The SMILES string of the molecule is CC[c-]1ccc(C)c1C.CC[c-]1ccc(C)c1C.[Cl-].[Cl-].[Cl-].[Cl-].[Zr+4]. The van der Waals surface area contributed by atoms with Crippen molar-refractivity contribution in [2.75, 3.05) is 0 Å². The number of halogens is 4. The Morgan fingerprint density at radius 1 is 0.652 bits per heavy atom. The third kappa shape index (κ3) is 10.4. The summed E-state index contributed by atoms with van der Waals surface area (Å²) in [4.78, 5) is 0. The first kappa shape index (κ1) is 35.0. The van der Waals surface area contributed by atoms with Gasteiger partial charge in [0, 0.05) is 0 Å². The first-order chi connectivity index (χ1) is 8.51. The molecule has 0 radical (unpaired) electrons. The van der Waals surface area contributed by atoms with Gasteiger partial charge in [0.15, 0.2) is 0 Å². The zero-order valence-corrected chi connectivity index (χ0v) is 20.2. The monoisotopic (exact) mass is 472 g/mol. The Kier molecular flexibility index (Phi) is 26.7. The van der Waals surface area contributed by atoms with Crippen molar-refractivity contribution in [1.82, 2.24) is 0 Å². The second-order valence-corrected chi connectivity index (χ2v) is 5.04. The Hall–Kier alpha value is 0.743. The van der Waals surface area contributed by atoms with Crippen molar-refractivity contribution in [1.29, 1.82) is 0 Å². The van der Waals surface area contributed by atoms with Gasteiger partial charge in [0.25, 0.3) is 0 Å². The van der Waals surface area contributed by atoms with E-state index in [1.54, 1.807) is 0 Å². The molecule has 0 unspecified atom stereocenters. The van der Waals surface area contributed by atoms with Gasteiger partial charge in [-0.2, -0.15) is 45.5 Å². The number of hydrogen-bond acceptors (Lipinski definition) is 0. The second-order valence-electron chi connectivity index (χ2n) is 5.04. The summed E-state index contributed by atoms with van der Waals surface area (Å²) in [7, 11) is 0. The van der Waals surface area contributed by atoms with Crippen LogP contribution >= 0.6 is 0 Å². The first-order valence-electron chi connectivity index (χ1n) is 6.94. The van der Waals surface area contributed by atoms with Gasteiger partial charge < -0.3 is 49.6 Å². The zero-order chi connectivity index (χ0) is 13.7. The minimum Gasteiger partial charge on any atom is -1.00 e. The summed E-state index contributed by atoms with van der Waals surface area (Å²) in [5.74, 6) is 0. The zero-order valence-electron chi connectivity index (χ0n) is 14.7. The molecule has 0 fully saturated rings. The quantitative estimate of drug-likeness (QED) is 0.379. The van der Waals surface area contributed by atoms with Gasteiger partial charge in [-0.3, -0.25) is 0 Å². The fourth-order valence-electron chi connectivity index (χ4n) is 2.22. The van der Waals surface area contributed by atoms with Gasteiger partial charge in [0.05, 0.1) is 0 Å². The van der Waals surface area contributed by atoms with E-state index in [1.807, 2.05) is 0 Å². The maximum Gasteiger partial charge on any atom is 4.00 e. The smallest absolute Gasteiger partial charge is 1.00 e. The first-order valence-corrected chi connectivity index (χ1v) is 6.94. The summed E-state index contributed by atoms with van der Waals surface area (Å²) in [5, 5.41) is 0. The summed E-state index contributed by atoms with van der Waals surface area (Å²) in [6, 6.07) is 8.80. The Bertz CT molecular complexity index is 455. The van der Waals surface area contributed by atoms with E-state index < -0.39 is 0 Å². The number of rotatable bonds is 2. The van der Waals surface area contributed by atoms with Crippen LogP contribution in [-0.2, 0) is 39.0 Å².